The second kappa shape index (κ2) is 2.21. The summed E-state index contributed by atoms with van der Waals surface area (Å²) in [5, 5.41) is 0. The molecule has 2 atom stereocenters. The van der Waals surface area contributed by atoms with Crippen LogP contribution in [0, 0.1) is 10.8 Å². The van der Waals surface area contributed by atoms with Crippen molar-refractivity contribution in [3.8, 4) is 0 Å². The van der Waals surface area contributed by atoms with Crippen LogP contribution in [-0.2, 0) is 4.79 Å². The third kappa shape index (κ3) is 0.589. The van der Waals surface area contributed by atoms with E-state index in [1.165, 1.54) is 17.6 Å². The van der Waals surface area contributed by atoms with Crippen molar-refractivity contribution in [1.29, 1.82) is 0 Å². The fraction of sp³-hybridized carbons (Fsp3) is 0.615. The van der Waals surface area contributed by atoms with Gasteiger partial charge in [-0.1, -0.05) is 23.8 Å². The van der Waals surface area contributed by atoms with Crippen LogP contribution in [0.3, 0.4) is 0 Å². The van der Waals surface area contributed by atoms with Crippen LogP contribution >= 0.6 is 0 Å². The molecule has 74 valence electrons. The number of carbonyl (C=O) groups excluding carboxylic acids is 1. The Bertz CT molecular complexity index is 353. The zero-order valence-corrected chi connectivity index (χ0v) is 8.73. The summed E-state index contributed by atoms with van der Waals surface area (Å²) in [4.78, 5) is 12.2. The highest BCUT2D eigenvalue weighted by Crippen LogP contribution is 2.70. The second-order valence-electron chi connectivity index (χ2n) is 5.15. The molecule has 0 radical (unpaired) electrons. The molecular weight excluding hydrogens is 172 g/mol. The molecule has 0 N–H and O–H groups in total. The Kier molecular flexibility index (Phi) is 1.33. The van der Waals surface area contributed by atoms with Gasteiger partial charge < -0.3 is 0 Å². The van der Waals surface area contributed by atoms with E-state index in [9.17, 15) is 4.79 Å². The van der Waals surface area contributed by atoms with Crippen molar-refractivity contribution >= 4 is 5.78 Å². The summed E-state index contributed by atoms with van der Waals surface area (Å²) >= 11 is 0. The molecule has 14 heavy (non-hydrogen) atoms. The molecular formula is C13H16O. The number of carbonyl (C=O) groups is 1. The van der Waals surface area contributed by atoms with Crippen molar-refractivity contribution in [2.24, 2.45) is 10.8 Å². The highest BCUT2D eigenvalue weighted by atomic mass is 16.1. The Balaban J connectivity index is 2.28. The van der Waals surface area contributed by atoms with Crippen molar-refractivity contribution in [2.75, 3.05) is 0 Å². The van der Waals surface area contributed by atoms with Gasteiger partial charge in [-0.3, -0.25) is 4.79 Å². The Morgan fingerprint density at radius 3 is 2.79 bits per heavy atom. The molecule has 0 amide bonds. The number of hydrogen-bond acceptors (Lipinski definition) is 1. The van der Waals surface area contributed by atoms with E-state index in [0.717, 1.165) is 25.7 Å². The quantitative estimate of drug-likeness (QED) is 0.534. The number of ketones is 1. The fourth-order valence-electron chi connectivity index (χ4n) is 4.26. The first-order chi connectivity index (χ1) is 6.63. The summed E-state index contributed by atoms with van der Waals surface area (Å²) in [5.41, 5.74) is 2.56. The van der Waals surface area contributed by atoms with Gasteiger partial charge in [0, 0.05) is 6.42 Å². The number of rotatable bonds is 0. The smallest absolute Gasteiger partial charge is 0.147 e. The number of Topliss-reactive ketones (excluding diaryl/α,β-unsaturated/α-hetero) is 1. The summed E-state index contributed by atoms with van der Waals surface area (Å²) in [7, 11) is 0. The Morgan fingerprint density at radius 1 is 1.36 bits per heavy atom. The maximum atomic E-state index is 12.2. The monoisotopic (exact) mass is 188 g/mol. The van der Waals surface area contributed by atoms with Gasteiger partial charge in [0.2, 0.25) is 0 Å². The van der Waals surface area contributed by atoms with Crippen LogP contribution in [0.4, 0.5) is 0 Å². The lowest BCUT2D eigenvalue weighted by atomic mass is 9.66. The lowest BCUT2D eigenvalue weighted by Gasteiger charge is -2.35. The van der Waals surface area contributed by atoms with Crippen LogP contribution in [0.25, 0.3) is 0 Å². The van der Waals surface area contributed by atoms with E-state index in [0.29, 0.717) is 5.78 Å². The van der Waals surface area contributed by atoms with Gasteiger partial charge in [0.1, 0.15) is 5.78 Å². The van der Waals surface area contributed by atoms with Gasteiger partial charge in [-0.2, -0.15) is 0 Å². The van der Waals surface area contributed by atoms with Gasteiger partial charge in [-0.25, -0.2) is 0 Å². The lowest BCUT2D eigenvalue weighted by molar-refractivity contribution is -0.124. The van der Waals surface area contributed by atoms with Crippen LogP contribution < -0.4 is 0 Å². The summed E-state index contributed by atoms with van der Waals surface area (Å²) in [6, 6.07) is 0. The van der Waals surface area contributed by atoms with Crippen molar-refractivity contribution < 1.29 is 4.79 Å². The highest BCUT2D eigenvalue weighted by Gasteiger charge is 2.66. The largest absolute Gasteiger partial charge is 0.298 e. The van der Waals surface area contributed by atoms with Gasteiger partial charge >= 0.3 is 0 Å². The van der Waals surface area contributed by atoms with E-state index in [2.05, 4.69) is 19.6 Å². The molecule has 0 aliphatic heterocycles. The Hall–Kier alpha value is -0.850. The zero-order valence-electron chi connectivity index (χ0n) is 8.73. The van der Waals surface area contributed by atoms with Crippen LogP contribution in [0.1, 0.15) is 39.0 Å². The minimum Gasteiger partial charge on any atom is -0.298 e. The minimum absolute atomic E-state index is 0.201. The molecule has 1 nitrogen and oxygen atoms in total. The summed E-state index contributed by atoms with van der Waals surface area (Å²) < 4.78 is 0. The summed E-state index contributed by atoms with van der Waals surface area (Å²) in [6.07, 6.45) is 7.52. The normalized spacial score (nSPS) is 45.4. The van der Waals surface area contributed by atoms with E-state index >= 15 is 0 Å². The van der Waals surface area contributed by atoms with Crippen molar-refractivity contribution in [2.45, 2.75) is 39.0 Å². The molecule has 0 heterocycles. The SMILES string of the molecule is C=C1CC[C@]23CC=C(C)[C@@]12C(=O)CC3. The average molecular weight is 188 g/mol. The van der Waals surface area contributed by atoms with Gasteiger partial charge in [-0.15, -0.1) is 0 Å². The van der Waals surface area contributed by atoms with E-state index in [4.69, 9.17) is 0 Å². The first-order valence-corrected chi connectivity index (χ1v) is 5.52. The van der Waals surface area contributed by atoms with Crippen LogP contribution in [0.15, 0.2) is 23.8 Å². The van der Waals surface area contributed by atoms with Crippen molar-refractivity contribution in [1.82, 2.24) is 0 Å². The predicted molar refractivity (Wildman–Crippen MR) is 55.9 cm³/mol. The zero-order chi connectivity index (χ0) is 9.97. The van der Waals surface area contributed by atoms with Crippen molar-refractivity contribution in [3.05, 3.63) is 23.8 Å². The summed E-state index contributed by atoms with van der Waals surface area (Å²) in [6.45, 7) is 6.29. The van der Waals surface area contributed by atoms with Gasteiger partial charge in [0.05, 0.1) is 5.41 Å². The molecule has 0 spiro atoms. The maximum Gasteiger partial charge on any atom is 0.147 e. The highest BCUT2D eigenvalue weighted by molar-refractivity contribution is 5.96. The van der Waals surface area contributed by atoms with Gasteiger partial charge in [0.25, 0.3) is 0 Å². The molecule has 1 heteroatoms. The number of hydrogen-bond donors (Lipinski definition) is 0. The fourth-order valence-corrected chi connectivity index (χ4v) is 4.26. The van der Waals surface area contributed by atoms with Gasteiger partial charge in [0.15, 0.2) is 0 Å². The topological polar surface area (TPSA) is 17.1 Å². The van der Waals surface area contributed by atoms with E-state index < -0.39 is 0 Å². The molecule has 0 aromatic heterocycles. The second-order valence-corrected chi connectivity index (χ2v) is 5.15. The van der Waals surface area contributed by atoms with E-state index in [1.54, 1.807) is 0 Å². The first kappa shape index (κ1) is 8.46. The first-order valence-electron chi connectivity index (χ1n) is 5.52. The molecule has 0 bridgehead atoms. The van der Waals surface area contributed by atoms with Crippen LogP contribution in [0.5, 0.6) is 0 Å². The van der Waals surface area contributed by atoms with E-state index in [1.807, 2.05) is 0 Å². The molecule has 2 saturated carbocycles. The van der Waals surface area contributed by atoms with Crippen LogP contribution in [-0.4, -0.2) is 5.78 Å². The molecule has 0 unspecified atom stereocenters. The third-order valence-corrected chi connectivity index (χ3v) is 4.87. The Labute approximate surface area is 84.9 Å². The minimum atomic E-state index is -0.201. The molecule has 0 saturated heterocycles. The molecule has 3 rings (SSSR count). The summed E-state index contributed by atoms with van der Waals surface area (Å²) in [5.74, 6) is 0.450. The molecule has 0 aromatic rings. The molecule has 2 fully saturated rings. The third-order valence-electron chi connectivity index (χ3n) is 4.87. The van der Waals surface area contributed by atoms with E-state index in [-0.39, 0.29) is 10.8 Å². The predicted octanol–water partition coefficient (Wildman–Crippen LogP) is 3.02. The average Bonchev–Trinajstić information content (AvgIpc) is 2.71. The lowest BCUT2D eigenvalue weighted by Crippen LogP contribution is -2.35. The number of allylic oxidation sites excluding steroid dienone is 3. The standard InChI is InChI=1S/C13H16O/c1-9-3-6-12-7-4-10(2)13(9,12)11(14)5-8-12/h4H,1,3,5-8H2,2H3/t12-,13-/m1/s1. The molecule has 3 aliphatic rings. The molecule has 3 aliphatic carbocycles. The van der Waals surface area contributed by atoms with Crippen LogP contribution in [0.2, 0.25) is 0 Å². The molecule has 0 aromatic carbocycles. The Morgan fingerprint density at radius 2 is 2.07 bits per heavy atom. The van der Waals surface area contributed by atoms with Gasteiger partial charge in [-0.05, 0) is 38.0 Å². The maximum absolute atomic E-state index is 12.2. The van der Waals surface area contributed by atoms with Crippen molar-refractivity contribution in [3.63, 3.8) is 0 Å².